The number of aromatic nitrogens is 3. The molecule has 6 aromatic carbocycles. The summed E-state index contributed by atoms with van der Waals surface area (Å²) in [7, 11) is -1.22. The molecule has 7 heteroatoms. The van der Waals surface area contributed by atoms with E-state index in [9.17, 15) is 4.39 Å². The van der Waals surface area contributed by atoms with Gasteiger partial charge >= 0.3 is 0 Å². The van der Waals surface area contributed by atoms with Crippen LogP contribution in [0.5, 0.6) is 0 Å². The van der Waals surface area contributed by atoms with Crippen LogP contribution in [0.15, 0.2) is 217 Å². The van der Waals surface area contributed by atoms with Crippen LogP contribution in [0.3, 0.4) is 0 Å². The molecule has 1 radical (unpaired) electrons. The first kappa shape index (κ1) is 42.5. The molecule has 10 rings (SSSR count). The first-order valence-corrected chi connectivity index (χ1v) is 23.5. The monoisotopic (exact) mass is 990 g/mol. The van der Waals surface area contributed by atoms with Gasteiger partial charge in [0.15, 0.2) is 0 Å². The Bertz CT molecular complexity index is 2900. The maximum absolute atomic E-state index is 13.3. The second-order valence-corrected chi connectivity index (χ2v) is 20.5. The van der Waals surface area contributed by atoms with Crippen LogP contribution < -0.4 is 5.19 Å². The normalized spacial score (nSPS) is 10.8. The molecule has 0 saturated heterocycles. The van der Waals surface area contributed by atoms with E-state index >= 15 is 0 Å². The van der Waals surface area contributed by atoms with Crippen molar-refractivity contribution >= 4 is 35.2 Å². The molecule has 10 aromatic rings. The second-order valence-electron chi connectivity index (χ2n) is 15.4. The van der Waals surface area contributed by atoms with Gasteiger partial charge in [0.05, 0.1) is 25.2 Å². The third-order valence-electron chi connectivity index (χ3n) is 10.3. The van der Waals surface area contributed by atoms with Crippen molar-refractivity contribution in [1.82, 2.24) is 15.0 Å². The van der Waals surface area contributed by atoms with Gasteiger partial charge in [-0.1, -0.05) is 153 Å². The first-order chi connectivity index (χ1) is 29.3. The zero-order chi connectivity index (χ0) is 41.3. The van der Waals surface area contributed by atoms with E-state index in [-0.39, 0.29) is 25.9 Å². The SMILES string of the molecule is C[Si](C)(C)c1ccc(-c2ccccc2)nc1.Fc1ccc(-c2ccc3c(c2)oc2c(-c4cc(-c5ccccc5)ccn4)cccc23)cc1.[Ir].c1ccc(-c2ccccn2)cc1. The molecule has 4 heterocycles. The van der Waals surface area contributed by atoms with Crippen LogP contribution in [0, 0.1) is 5.82 Å². The van der Waals surface area contributed by atoms with Crippen molar-refractivity contribution < 1.29 is 28.9 Å². The molecular formula is C54H44FIrN3OSi. The van der Waals surface area contributed by atoms with E-state index in [0.717, 1.165) is 72.4 Å². The summed E-state index contributed by atoms with van der Waals surface area (Å²) in [5.74, 6) is -0.242. The van der Waals surface area contributed by atoms with Crippen molar-refractivity contribution in [1.29, 1.82) is 0 Å². The summed E-state index contributed by atoms with van der Waals surface area (Å²) >= 11 is 0. The molecule has 0 fully saturated rings. The summed E-state index contributed by atoms with van der Waals surface area (Å²) in [6.07, 6.45) is 5.68. The minimum atomic E-state index is -1.22. The predicted octanol–water partition coefficient (Wildman–Crippen LogP) is 14.2. The van der Waals surface area contributed by atoms with E-state index in [0.29, 0.717) is 0 Å². The number of furan rings is 1. The van der Waals surface area contributed by atoms with E-state index in [1.54, 1.807) is 12.1 Å². The molecule has 0 aliphatic carbocycles. The smallest absolute Gasteiger partial charge is 0.144 e. The summed E-state index contributed by atoms with van der Waals surface area (Å²) in [6, 6.07) is 63.9. The largest absolute Gasteiger partial charge is 0.455 e. The fourth-order valence-corrected chi connectivity index (χ4v) is 8.00. The van der Waals surface area contributed by atoms with Crippen molar-refractivity contribution in [2.75, 3.05) is 0 Å². The molecule has 0 aliphatic rings. The third-order valence-corrected chi connectivity index (χ3v) is 12.3. The molecular weight excluding hydrogens is 946 g/mol. The number of hydrogen-bond acceptors (Lipinski definition) is 4. The Hall–Kier alpha value is -6.63. The fraction of sp³-hybridized carbons (Fsp3) is 0.0556. The molecule has 0 aliphatic heterocycles. The summed E-state index contributed by atoms with van der Waals surface area (Å²) < 4.78 is 19.7. The number of hydrogen-bond donors (Lipinski definition) is 0. The maximum Gasteiger partial charge on any atom is 0.144 e. The standard InChI is InChI=1S/C29H18FNO.C14H17NSi.C11H9N.Ir/c30-23-12-9-20(10-13-23)21-11-14-24-25-7-4-8-26(29(25)32-28(24)18-21)27-17-22(15-16-31-27)19-5-2-1-3-6-19;1-16(2,3)13-9-10-14(15-11-13)12-7-5-4-6-8-12;1-2-6-10(7-3-1)11-8-4-5-9-12-11;/h1-18H;4-11H,1-3H3;1-9H;. The number of halogens is 1. The quantitative estimate of drug-likeness (QED) is 0.156. The minimum Gasteiger partial charge on any atom is -0.455 e. The van der Waals surface area contributed by atoms with Gasteiger partial charge in [0.1, 0.15) is 17.0 Å². The Morgan fingerprint density at radius 3 is 1.61 bits per heavy atom. The van der Waals surface area contributed by atoms with Crippen LogP contribution in [0.1, 0.15) is 0 Å². The molecule has 61 heavy (non-hydrogen) atoms. The zero-order valence-electron chi connectivity index (χ0n) is 34.2. The predicted molar refractivity (Wildman–Crippen MR) is 250 cm³/mol. The molecule has 0 saturated carbocycles. The Balaban J connectivity index is 0.000000161. The molecule has 0 amide bonds. The minimum absolute atomic E-state index is 0. The molecule has 301 valence electrons. The van der Waals surface area contributed by atoms with Crippen LogP contribution in [-0.2, 0) is 20.1 Å². The van der Waals surface area contributed by atoms with Gasteiger partial charge in [-0.3, -0.25) is 15.0 Å². The van der Waals surface area contributed by atoms with Crippen molar-refractivity contribution in [3.05, 3.63) is 219 Å². The average Bonchev–Trinajstić information content (AvgIpc) is 3.69. The summed E-state index contributed by atoms with van der Waals surface area (Å²) in [5.41, 5.74) is 12.1. The summed E-state index contributed by atoms with van der Waals surface area (Å²) in [5, 5.41) is 3.51. The van der Waals surface area contributed by atoms with Crippen molar-refractivity contribution in [2.45, 2.75) is 19.6 Å². The Morgan fingerprint density at radius 2 is 1.00 bits per heavy atom. The van der Waals surface area contributed by atoms with Gasteiger partial charge < -0.3 is 4.42 Å². The number of rotatable bonds is 6. The Kier molecular flexibility index (Phi) is 13.7. The van der Waals surface area contributed by atoms with E-state index in [1.165, 1.54) is 22.9 Å². The van der Waals surface area contributed by atoms with Crippen molar-refractivity contribution in [3.63, 3.8) is 0 Å². The van der Waals surface area contributed by atoms with Crippen LogP contribution >= 0.6 is 0 Å². The van der Waals surface area contributed by atoms with E-state index in [1.807, 2.05) is 122 Å². The van der Waals surface area contributed by atoms with Gasteiger partial charge in [0.2, 0.25) is 0 Å². The Morgan fingerprint density at radius 1 is 0.426 bits per heavy atom. The van der Waals surface area contributed by atoms with Crippen LogP contribution in [-0.4, -0.2) is 23.0 Å². The van der Waals surface area contributed by atoms with Crippen molar-refractivity contribution in [2.24, 2.45) is 0 Å². The molecule has 0 bridgehead atoms. The number of para-hydroxylation sites is 1. The Labute approximate surface area is 371 Å². The number of pyridine rings is 3. The molecule has 0 N–H and O–H groups in total. The van der Waals surface area contributed by atoms with Crippen molar-refractivity contribution in [3.8, 4) is 56.0 Å². The van der Waals surface area contributed by atoms with Gasteiger partial charge in [-0.2, -0.15) is 0 Å². The number of fused-ring (bicyclic) bond motifs is 3. The molecule has 0 unspecified atom stereocenters. The van der Waals surface area contributed by atoms with Gasteiger partial charge in [0.25, 0.3) is 0 Å². The number of benzene rings is 6. The average molecular weight is 990 g/mol. The molecule has 4 nitrogen and oxygen atoms in total. The van der Waals surface area contributed by atoms with Gasteiger partial charge in [-0.05, 0) is 88.1 Å². The fourth-order valence-electron chi connectivity index (χ4n) is 6.97. The zero-order valence-corrected chi connectivity index (χ0v) is 37.6. The van der Waals surface area contributed by atoms with Crippen LogP contribution in [0.2, 0.25) is 19.6 Å². The van der Waals surface area contributed by atoms with E-state index in [2.05, 4.69) is 101 Å². The maximum atomic E-state index is 13.3. The topological polar surface area (TPSA) is 51.8 Å². The van der Waals surface area contributed by atoms with Crippen LogP contribution in [0.25, 0.3) is 78.0 Å². The molecule has 0 atom stereocenters. The number of nitrogens with zero attached hydrogens (tertiary/aromatic N) is 3. The molecule has 4 aromatic heterocycles. The van der Waals surface area contributed by atoms with E-state index < -0.39 is 8.07 Å². The van der Waals surface area contributed by atoms with Gasteiger partial charge in [0, 0.05) is 66.2 Å². The summed E-state index contributed by atoms with van der Waals surface area (Å²) in [4.78, 5) is 13.4. The summed E-state index contributed by atoms with van der Waals surface area (Å²) in [6.45, 7) is 7.02. The van der Waals surface area contributed by atoms with Gasteiger partial charge in [-0.15, -0.1) is 0 Å². The first-order valence-electron chi connectivity index (χ1n) is 20.0. The van der Waals surface area contributed by atoms with E-state index in [4.69, 9.17) is 4.42 Å². The van der Waals surface area contributed by atoms with Crippen LogP contribution in [0.4, 0.5) is 4.39 Å². The third kappa shape index (κ3) is 10.4. The second kappa shape index (κ2) is 19.6. The molecule has 0 spiro atoms. The van der Waals surface area contributed by atoms with Gasteiger partial charge in [-0.25, -0.2) is 4.39 Å².